The fraction of sp³-hybridized carbons (Fsp3) is 0.214. The van der Waals surface area contributed by atoms with Crippen LogP contribution in [0.4, 0.5) is 0 Å². The number of hydrogen-bond acceptors (Lipinski definition) is 1. The van der Waals surface area contributed by atoms with Crippen LogP contribution in [-0.2, 0) is 13.6 Å². The summed E-state index contributed by atoms with van der Waals surface area (Å²) < 4.78 is 3.96. The van der Waals surface area contributed by atoms with Crippen molar-refractivity contribution in [2.45, 2.75) is 13.5 Å². The molecule has 3 rings (SSSR count). The van der Waals surface area contributed by atoms with Gasteiger partial charge in [0.05, 0.1) is 23.0 Å². The van der Waals surface area contributed by atoms with E-state index in [4.69, 9.17) is 23.2 Å². The summed E-state index contributed by atoms with van der Waals surface area (Å²) in [5.41, 5.74) is 2.95. The zero-order valence-corrected chi connectivity index (χ0v) is 12.2. The minimum Gasteiger partial charge on any atom is -0.341 e. The Labute approximate surface area is 121 Å². The van der Waals surface area contributed by atoms with Crippen LogP contribution in [0.15, 0.2) is 30.5 Å². The monoisotopic (exact) mass is 293 g/mol. The predicted octanol–water partition coefficient (Wildman–Crippen LogP) is 4.04. The van der Waals surface area contributed by atoms with Crippen molar-refractivity contribution in [3.63, 3.8) is 0 Å². The van der Waals surface area contributed by atoms with Gasteiger partial charge in [0.15, 0.2) is 0 Å². The van der Waals surface area contributed by atoms with Gasteiger partial charge in [0, 0.05) is 29.2 Å². The van der Waals surface area contributed by atoms with Gasteiger partial charge in [-0.25, -0.2) is 0 Å². The zero-order valence-electron chi connectivity index (χ0n) is 10.7. The number of halogens is 2. The molecule has 98 valence electrons. The molecule has 1 aromatic carbocycles. The number of aromatic nitrogens is 3. The Kier molecular flexibility index (Phi) is 3.03. The van der Waals surface area contributed by atoms with Crippen LogP contribution in [0.3, 0.4) is 0 Å². The molecule has 19 heavy (non-hydrogen) atoms. The number of benzene rings is 1. The molecule has 0 aliphatic carbocycles. The molecule has 2 aromatic heterocycles. The summed E-state index contributed by atoms with van der Waals surface area (Å²) in [4.78, 5) is 0. The summed E-state index contributed by atoms with van der Waals surface area (Å²) in [5, 5.41) is 6.88. The largest absolute Gasteiger partial charge is 0.341 e. The highest BCUT2D eigenvalue weighted by Crippen LogP contribution is 2.26. The fourth-order valence-corrected chi connectivity index (χ4v) is 2.79. The van der Waals surface area contributed by atoms with Gasteiger partial charge in [0.2, 0.25) is 0 Å². The molecule has 0 saturated carbocycles. The summed E-state index contributed by atoms with van der Waals surface area (Å²) in [6.45, 7) is 2.59. The average molecular weight is 294 g/mol. The van der Waals surface area contributed by atoms with Crippen LogP contribution in [0.5, 0.6) is 0 Å². The lowest BCUT2D eigenvalue weighted by atomic mass is 10.2. The molecule has 2 heterocycles. The van der Waals surface area contributed by atoms with Crippen molar-refractivity contribution < 1.29 is 0 Å². The molecule has 3 aromatic rings. The molecule has 0 aliphatic rings. The van der Waals surface area contributed by atoms with Gasteiger partial charge in [0.25, 0.3) is 0 Å². The van der Waals surface area contributed by atoms with Crippen molar-refractivity contribution >= 4 is 34.1 Å². The molecule has 3 nitrogen and oxygen atoms in total. The van der Waals surface area contributed by atoms with Gasteiger partial charge in [-0.15, -0.1) is 0 Å². The Balaban J connectivity index is 2.09. The lowest BCUT2D eigenvalue weighted by Gasteiger charge is -2.07. The molecule has 0 amide bonds. The van der Waals surface area contributed by atoms with Gasteiger partial charge in [-0.2, -0.15) is 5.10 Å². The lowest BCUT2D eigenvalue weighted by Crippen LogP contribution is -2.05. The molecule has 0 atom stereocenters. The molecular weight excluding hydrogens is 281 g/mol. The number of aryl methyl sites for hydroxylation is 2. The first kappa shape index (κ1) is 12.6. The van der Waals surface area contributed by atoms with Crippen LogP contribution >= 0.6 is 23.2 Å². The van der Waals surface area contributed by atoms with Crippen molar-refractivity contribution in [1.82, 2.24) is 14.3 Å². The molecule has 0 unspecified atom stereocenters. The van der Waals surface area contributed by atoms with E-state index in [1.54, 1.807) is 0 Å². The molecule has 0 spiro atoms. The van der Waals surface area contributed by atoms with Crippen LogP contribution in [0.25, 0.3) is 10.9 Å². The standard InChI is InChI=1S/C14H13Cl2N3/c1-9-14(16)13(18(2)17-9)8-19-7-6-10-11(15)4-3-5-12(10)19/h3-7H,8H2,1-2H3. The minimum absolute atomic E-state index is 0.681. The predicted molar refractivity (Wildman–Crippen MR) is 79.0 cm³/mol. The van der Waals surface area contributed by atoms with Gasteiger partial charge in [0.1, 0.15) is 0 Å². The summed E-state index contributed by atoms with van der Waals surface area (Å²) in [5.74, 6) is 0. The number of nitrogens with zero attached hydrogens (tertiary/aromatic N) is 3. The Bertz CT molecular complexity index is 755. The topological polar surface area (TPSA) is 22.8 Å². The van der Waals surface area contributed by atoms with Crippen LogP contribution in [0, 0.1) is 6.92 Å². The Morgan fingerprint density at radius 2 is 2.00 bits per heavy atom. The first-order valence-corrected chi connectivity index (χ1v) is 6.75. The van der Waals surface area contributed by atoms with Crippen LogP contribution < -0.4 is 0 Å². The van der Waals surface area contributed by atoms with Crippen molar-refractivity contribution in [2.75, 3.05) is 0 Å². The Morgan fingerprint density at radius 1 is 1.21 bits per heavy atom. The first-order valence-electron chi connectivity index (χ1n) is 5.99. The highest BCUT2D eigenvalue weighted by molar-refractivity contribution is 6.35. The van der Waals surface area contributed by atoms with Crippen LogP contribution in [0.2, 0.25) is 10.0 Å². The maximum Gasteiger partial charge on any atom is 0.0865 e. The van der Waals surface area contributed by atoms with E-state index < -0.39 is 0 Å². The fourth-order valence-electron chi connectivity index (χ4n) is 2.34. The van der Waals surface area contributed by atoms with E-state index >= 15 is 0 Å². The summed E-state index contributed by atoms with van der Waals surface area (Å²) in [6.07, 6.45) is 2.02. The second kappa shape index (κ2) is 4.58. The van der Waals surface area contributed by atoms with E-state index in [-0.39, 0.29) is 0 Å². The van der Waals surface area contributed by atoms with E-state index in [0.717, 1.165) is 32.3 Å². The number of fused-ring (bicyclic) bond motifs is 1. The van der Waals surface area contributed by atoms with Crippen molar-refractivity contribution in [2.24, 2.45) is 7.05 Å². The quantitative estimate of drug-likeness (QED) is 0.699. The normalized spacial score (nSPS) is 11.4. The molecule has 0 fully saturated rings. The van der Waals surface area contributed by atoms with Crippen molar-refractivity contribution in [1.29, 1.82) is 0 Å². The van der Waals surface area contributed by atoms with E-state index in [9.17, 15) is 0 Å². The van der Waals surface area contributed by atoms with E-state index in [1.165, 1.54) is 0 Å². The summed E-state index contributed by atoms with van der Waals surface area (Å²) in [7, 11) is 1.91. The second-order valence-electron chi connectivity index (χ2n) is 4.59. The average Bonchev–Trinajstić information content (AvgIpc) is 2.88. The maximum atomic E-state index is 6.29. The smallest absolute Gasteiger partial charge is 0.0865 e. The second-order valence-corrected chi connectivity index (χ2v) is 5.37. The minimum atomic E-state index is 0.681. The third kappa shape index (κ3) is 2.03. The molecule has 0 aliphatic heterocycles. The van der Waals surface area contributed by atoms with Gasteiger partial charge >= 0.3 is 0 Å². The van der Waals surface area contributed by atoms with Gasteiger partial charge in [-0.1, -0.05) is 29.3 Å². The molecule has 5 heteroatoms. The summed E-state index contributed by atoms with van der Waals surface area (Å²) >= 11 is 12.5. The first-order chi connectivity index (χ1) is 9.08. The van der Waals surface area contributed by atoms with Gasteiger partial charge < -0.3 is 4.57 Å². The third-order valence-electron chi connectivity index (χ3n) is 3.34. The highest BCUT2D eigenvalue weighted by Gasteiger charge is 2.13. The molecule has 0 bridgehead atoms. The molecule has 0 N–H and O–H groups in total. The van der Waals surface area contributed by atoms with Gasteiger partial charge in [-0.05, 0) is 25.1 Å². The molecule has 0 saturated heterocycles. The molecule has 0 radical (unpaired) electrons. The van der Waals surface area contributed by atoms with E-state index in [1.807, 2.05) is 43.0 Å². The maximum absolute atomic E-state index is 6.29. The lowest BCUT2D eigenvalue weighted by molar-refractivity contribution is 0.673. The van der Waals surface area contributed by atoms with E-state index in [0.29, 0.717) is 6.54 Å². The summed E-state index contributed by atoms with van der Waals surface area (Å²) in [6, 6.07) is 7.93. The Morgan fingerprint density at radius 3 is 2.68 bits per heavy atom. The SMILES string of the molecule is Cc1nn(C)c(Cn2ccc3c(Cl)cccc32)c1Cl. The number of rotatable bonds is 2. The number of hydrogen-bond donors (Lipinski definition) is 0. The van der Waals surface area contributed by atoms with Crippen LogP contribution in [-0.4, -0.2) is 14.3 Å². The Hall–Kier alpha value is -1.45. The van der Waals surface area contributed by atoms with E-state index in [2.05, 4.69) is 15.7 Å². The van der Waals surface area contributed by atoms with Gasteiger partial charge in [-0.3, -0.25) is 4.68 Å². The van der Waals surface area contributed by atoms with Crippen LogP contribution in [0.1, 0.15) is 11.4 Å². The van der Waals surface area contributed by atoms with Crippen molar-refractivity contribution in [3.8, 4) is 0 Å². The molecular formula is C14H13Cl2N3. The van der Waals surface area contributed by atoms with Crippen molar-refractivity contribution in [3.05, 3.63) is 51.9 Å². The highest BCUT2D eigenvalue weighted by atomic mass is 35.5. The third-order valence-corrected chi connectivity index (χ3v) is 4.16. The zero-order chi connectivity index (χ0) is 13.6.